The number of amides is 1. The first-order valence-corrected chi connectivity index (χ1v) is 8.81. The van der Waals surface area contributed by atoms with Crippen LogP contribution in [0.5, 0.6) is 0 Å². The molecule has 1 atom stereocenters. The number of rotatable bonds is 6. The molecule has 0 saturated carbocycles. The molecule has 0 saturated heterocycles. The van der Waals surface area contributed by atoms with E-state index in [2.05, 4.69) is 10.7 Å². The summed E-state index contributed by atoms with van der Waals surface area (Å²) in [5, 5.41) is 6.93. The lowest BCUT2D eigenvalue weighted by Crippen LogP contribution is -2.29. The van der Waals surface area contributed by atoms with Gasteiger partial charge in [0, 0.05) is 19.2 Å². The molecule has 1 amide bonds. The number of benzene rings is 2. The number of ether oxygens (including phenoxy) is 1. The number of nitrogens with one attached hydrogen (secondary N) is 1. The third-order valence-corrected chi connectivity index (χ3v) is 4.64. The minimum Gasteiger partial charge on any atom is -0.375 e. The fourth-order valence-corrected chi connectivity index (χ4v) is 3.24. The Morgan fingerprint density at radius 3 is 2.60 bits per heavy atom. The van der Waals surface area contributed by atoms with Crippen molar-refractivity contribution in [2.75, 3.05) is 13.7 Å². The zero-order valence-electron chi connectivity index (χ0n) is 13.7. The topological polar surface area (TPSA) is 38.3 Å². The highest BCUT2D eigenvalue weighted by Crippen LogP contribution is 2.22. The molecule has 1 heterocycles. The second-order valence-electron chi connectivity index (χ2n) is 5.58. The summed E-state index contributed by atoms with van der Waals surface area (Å²) in [5.74, 6) is -0.509. The molecule has 0 radical (unpaired) electrons. The van der Waals surface area contributed by atoms with Crippen molar-refractivity contribution in [3.05, 3.63) is 82.3 Å². The van der Waals surface area contributed by atoms with Gasteiger partial charge in [-0.15, -0.1) is 0 Å². The highest BCUT2D eigenvalue weighted by molar-refractivity contribution is 7.08. The second kappa shape index (κ2) is 8.05. The molecule has 5 heteroatoms. The van der Waals surface area contributed by atoms with E-state index in [1.54, 1.807) is 35.6 Å². The van der Waals surface area contributed by atoms with Crippen molar-refractivity contribution < 1.29 is 13.9 Å². The maximum atomic E-state index is 13.3. The molecule has 3 rings (SSSR count). The summed E-state index contributed by atoms with van der Waals surface area (Å²) < 4.78 is 18.7. The Labute approximate surface area is 150 Å². The van der Waals surface area contributed by atoms with Gasteiger partial charge in [0.2, 0.25) is 0 Å². The molecule has 3 aromatic rings. The Bertz CT molecular complexity index is 831. The maximum absolute atomic E-state index is 13.3. The normalized spacial score (nSPS) is 11.9. The van der Waals surface area contributed by atoms with Gasteiger partial charge in [0.15, 0.2) is 0 Å². The number of methoxy groups -OCH3 is 1. The van der Waals surface area contributed by atoms with E-state index in [4.69, 9.17) is 4.74 Å². The standard InChI is InChI=1S/C20H18FNO2S/c1-24-19(16-3-2-4-18(21)11-16)12-22-20(23)15-7-5-14(6-8-15)17-9-10-25-13-17/h2-11,13,19H,12H2,1H3,(H,22,23)/t19-/m1/s1. The van der Waals surface area contributed by atoms with E-state index in [-0.39, 0.29) is 18.3 Å². The number of hydrogen-bond donors (Lipinski definition) is 1. The Morgan fingerprint density at radius 1 is 1.16 bits per heavy atom. The highest BCUT2D eigenvalue weighted by atomic mass is 32.1. The molecule has 0 aliphatic carbocycles. The Kier molecular flexibility index (Phi) is 5.58. The van der Waals surface area contributed by atoms with Gasteiger partial charge in [0.1, 0.15) is 5.82 Å². The van der Waals surface area contributed by atoms with Crippen molar-refractivity contribution in [1.82, 2.24) is 5.32 Å². The Hall–Kier alpha value is -2.50. The molecule has 128 valence electrons. The van der Waals surface area contributed by atoms with Gasteiger partial charge in [-0.1, -0.05) is 24.3 Å². The van der Waals surface area contributed by atoms with Crippen LogP contribution < -0.4 is 5.32 Å². The monoisotopic (exact) mass is 355 g/mol. The number of hydrogen-bond acceptors (Lipinski definition) is 3. The molecule has 0 aliphatic rings. The molecular formula is C20H18FNO2S. The lowest BCUT2D eigenvalue weighted by molar-refractivity contribution is 0.0827. The van der Waals surface area contributed by atoms with Crippen molar-refractivity contribution in [3.8, 4) is 11.1 Å². The molecule has 2 aromatic carbocycles. The van der Waals surface area contributed by atoms with E-state index in [0.717, 1.165) is 11.1 Å². The predicted molar refractivity (Wildman–Crippen MR) is 98.2 cm³/mol. The van der Waals surface area contributed by atoms with Gasteiger partial charge >= 0.3 is 0 Å². The van der Waals surface area contributed by atoms with E-state index in [9.17, 15) is 9.18 Å². The first-order valence-electron chi connectivity index (χ1n) is 7.86. The van der Waals surface area contributed by atoms with Crippen LogP contribution >= 0.6 is 11.3 Å². The van der Waals surface area contributed by atoms with Gasteiger partial charge in [-0.25, -0.2) is 4.39 Å². The van der Waals surface area contributed by atoms with Crippen molar-refractivity contribution in [3.63, 3.8) is 0 Å². The van der Waals surface area contributed by atoms with Gasteiger partial charge in [0.05, 0.1) is 6.10 Å². The van der Waals surface area contributed by atoms with Gasteiger partial charge in [-0.05, 0) is 57.8 Å². The fraction of sp³-hybridized carbons (Fsp3) is 0.150. The third kappa shape index (κ3) is 4.32. The summed E-state index contributed by atoms with van der Waals surface area (Å²) in [6, 6.07) is 15.7. The average Bonchev–Trinajstić information content (AvgIpc) is 3.17. The average molecular weight is 355 g/mol. The number of halogens is 1. The van der Waals surface area contributed by atoms with E-state index in [1.165, 1.54) is 19.2 Å². The molecular weight excluding hydrogens is 337 g/mol. The summed E-state index contributed by atoms with van der Waals surface area (Å²) >= 11 is 1.64. The zero-order valence-corrected chi connectivity index (χ0v) is 14.6. The largest absolute Gasteiger partial charge is 0.375 e. The quantitative estimate of drug-likeness (QED) is 0.698. The molecule has 3 nitrogen and oxygen atoms in total. The van der Waals surface area contributed by atoms with Gasteiger partial charge < -0.3 is 10.1 Å². The van der Waals surface area contributed by atoms with Crippen LogP contribution in [0.4, 0.5) is 4.39 Å². The SMILES string of the molecule is CO[C@H](CNC(=O)c1ccc(-c2ccsc2)cc1)c1cccc(F)c1. The van der Waals surface area contributed by atoms with Gasteiger partial charge in [0.25, 0.3) is 5.91 Å². The summed E-state index contributed by atoms with van der Waals surface area (Å²) in [4.78, 5) is 12.3. The van der Waals surface area contributed by atoms with E-state index < -0.39 is 6.10 Å². The van der Waals surface area contributed by atoms with Crippen LogP contribution in [-0.4, -0.2) is 19.6 Å². The molecule has 25 heavy (non-hydrogen) atoms. The van der Waals surface area contributed by atoms with Crippen molar-refractivity contribution in [2.45, 2.75) is 6.10 Å². The first kappa shape index (κ1) is 17.3. The van der Waals surface area contributed by atoms with Crippen LogP contribution in [0.1, 0.15) is 22.0 Å². The molecule has 0 bridgehead atoms. The highest BCUT2D eigenvalue weighted by Gasteiger charge is 2.14. The molecule has 0 aliphatic heterocycles. The molecule has 1 aromatic heterocycles. The minimum atomic E-state index is -0.398. The number of carbonyl (C=O) groups is 1. The van der Waals surface area contributed by atoms with Crippen molar-refractivity contribution in [1.29, 1.82) is 0 Å². The van der Waals surface area contributed by atoms with Crippen LogP contribution in [-0.2, 0) is 4.74 Å². The fourth-order valence-electron chi connectivity index (χ4n) is 2.57. The van der Waals surface area contributed by atoms with E-state index in [0.29, 0.717) is 11.1 Å². The van der Waals surface area contributed by atoms with E-state index in [1.807, 2.05) is 23.6 Å². The Morgan fingerprint density at radius 2 is 1.96 bits per heavy atom. The maximum Gasteiger partial charge on any atom is 0.251 e. The predicted octanol–water partition coefficient (Wildman–Crippen LogP) is 4.67. The summed E-state index contributed by atoms with van der Waals surface area (Å²) in [6.45, 7) is 0.269. The summed E-state index contributed by atoms with van der Waals surface area (Å²) in [5.41, 5.74) is 3.48. The molecule has 0 fully saturated rings. The summed E-state index contributed by atoms with van der Waals surface area (Å²) in [6.07, 6.45) is -0.398. The minimum absolute atomic E-state index is 0.185. The van der Waals surface area contributed by atoms with Crippen LogP contribution in [0, 0.1) is 5.82 Å². The van der Waals surface area contributed by atoms with Crippen LogP contribution in [0.15, 0.2) is 65.4 Å². The lowest BCUT2D eigenvalue weighted by Gasteiger charge is -2.16. The zero-order chi connectivity index (χ0) is 17.6. The molecule has 0 unspecified atom stereocenters. The third-order valence-electron chi connectivity index (χ3n) is 3.95. The van der Waals surface area contributed by atoms with Crippen molar-refractivity contribution >= 4 is 17.2 Å². The smallest absolute Gasteiger partial charge is 0.251 e. The molecule has 1 N–H and O–H groups in total. The molecule has 0 spiro atoms. The van der Waals surface area contributed by atoms with Crippen LogP contribution in [0.3, 0.4) is 0 Å². The van der Waals surface area contributed by atoms with Crippen molar-refractivity contribution in [2.24, 2.45) is 0 Å². The number of carbonyl (C=O) groups excluding carboxylic acids is 1. The second-order valence-corrected chi connectivity index (χ2v) is 6.36. The number of thiophene rings is 1. The first-order chi connectivity index (χ1) is 12.2. The van der Waals surface area contributed by atoms with Gasteiger partial charge in [-0.3, -0.25) is 4.79 Å². The van der Waals surface area contributed by atoms with E-state index >= 15 is 0 Å². The van der Waals surface area contributed by atoms with Crippen LogP contribution in [0.2, 0.25) is 0 Å². The van der Waals surface area contributed by atoms with Gasteiger partial charge in [-0.2, -0.15) is 11.3 Å². The summed E-state index contributed by atoms with van der Waals surface area (Å²) in [7, 11) is 1.54. The Balaban J connectivity index is 1.63. The lowest BCUT2D eigenvalue weighted by atomic mass is 10.1. The van der Waals surface area contributed by atoms with Crippen LogP contribution in [0.25, 0.3) is 11.1 Å².